The van der Waals surface area contributed by atoms with Crippen molar-refractivity contribution in [2.75, 3.05) is 4.90 Å². The molecule has 1 fully saturated rings. The molecule has 3 heterocycles. The van der Waals surface area contributed by atoms with Gasteiger partial charge in [0, 0.05) is 18.0 Å². The van der Waals surface area contributed by atoms with Crippen molar-refractivity contribution in [2.24, 2.45) is 0 Å². The lowest BCUT2D eigenvalue weighted by atomic mass is 10.0. The Morgan fingerprint density at radius 3 is 2.33 bits per heavy atom. The lowest BCUT2D eigenvalue weighted by Gasteiger charge is -2.26. The molecule has 1 saturated heterocycles. The van der Waals surface area contributed by atoms with Crippen LogP contribution in [-0.4, -0.2) is 15.0 Å². The van der Waals surface area contributed by atoms with E-state index >= 15 is 0 Å². The van der Waals surface area contributed by atoms with Crippen LogP contribution in [0, 0.1) is 10.1 Å². The fourth-order valence-electron chi connectivity index (χ4n) is 4.72. The van der Waals surface area contributed by atoms with Gasteiger partial charge in [-0.05, 0) is 78.9 Å². The van der Waals surface area contributed by atoms with Gasteiger partial charge in [-0.25, -0.2) is 0 Å². The van der Waals surface area contributed by atoms with Gasteiger partial charge in [0.2, 0.25) is 0 Å². The van der Waals surface area contributed by atoms with Gasteiger partial charge in [0.25, 0.3) is 5.69 Å². The Hall–Kier alpha value is -5.02. The molecule has 2 aromatic heterocycles. The highest BCUT2D eigenvalue weighted by molar-refractivity contribution is 7.80. The van der Waals surface area contributed by atoms with Crippen LogP contribution in [0.4, 0.5) is 11.4 Å². The number of furan rings is 1. The second-order valence-electron chi connectivity index (χ2n) is 8.88. The van der Waals surface area contributed by atoms with Gasteiger partial charge in [0.05, 0.1) is 22.2 Å². The van der Waals surface area contributed by atoms with Gasteiger partial charge in [-0.1, -0.05) is 36.4 Å². The third-order valence-corrected chi connectivity index (χ3v) is 6.79. The molecule has 39 heavy (non-hydrogen) atoms. The van der Waals surface area contributed by atoms with E-state index in [1.54, 1.807) is 30.5 Å². The second kappa shape index (κ2) is 10.4. The number of nitro groups is 1. The number of pyridine rings is 1. The van der Waals surface area contributed by atoms with Gasteiger partial charge in [-0.15, -0.1) is 0 Å². The van der Waals surface area contributed by atoms with Crippen LogP contribution in [0.15, 0.2) is 120 Å². The smallest absolute Gasteiger partial charge is 0.280 e. The highest BCUT2D eigenvalue weighted by Gasteiger charge is 2.42. The first-order valence-electron chi connectivity index (χ1n) is 12.3. The molecule has 9 heteroatoms. The molecule has 2 atom stereocenters. The normalized spacial score (nSPS) is 16.6. The number of hydrogen-bond acceptors (Lipinski definition) is 6. The minimum atomic E-state index is -0.411. The van der Waals surface area contributed by atoms with E-state index in [0.717, 1.165) is 17.1 Å². The average molecular weight is 535 g/mol. The van der Waals surface area contributed by atoms with Crippen LogP contribution >= 0.6 is 12.2 Å². The average Bonchev–Trinajstić information content (AvgIpc) is 3.59. The summed E-state index contributed by atoms with van der Waals surface area (Å²) in [5.41, 5.74) is 2.01. The molecule has 0 spiro atoms. The Bertz CT molecular complexity index is 1620. The summed E-state index contributed by atoms with van der Waals surface area (Å²) in [4.78, 5) is 17.8. The van der Waals surface area contributed by atoms with Crippen LogP contribution in [0.5, 0.6) is 11.5 Å². The van der Waals surface area contributed by atoms with Crippen molar-refractivity contribution >= 4 is 28.7 Å². The maximum Gasteiger partial charge on any atom is 0.280 e. The van der Waals surface area contributed by atoms with Crippen LogP contribution in [0.25, 0.3) is 11.3 Å². The molecule has 5 aromatic rings. The van der Waals surface area contributed by atoms with Crippen LogP contribution in [0.3, 0.4) is 0 Å². The van der Waals surface area contributed by atoms with Gasteiger partial charge in [-0.3, -0.25) is 15.1 Å². The fraction of sp³-hybridized carbons (Fsp3) is 0.0667. The first kappa shape index (κ1) is 24.3. The monoisotopic (exact) mass is 534 g/mol. The first-order valence-corrected chi connectivity index (χ1v) is 12.7. The standard InChI is InChI=1S/C30H22N4O4S/c35-34(36)25-12-5-4-10-23(25)26-17-18-27(38-26)29-28(24-11-6-7-19-31-24)32-30(39)33(29)20-13-15-22(16-14-20)37-21-8-2-1-3-9-21/h1-19,28-29H,(H,32,39)/t28-,29+/m1/s1. The van der Waals surface area contributed by atoms with E-state index in [1.807, 2.05) is 83.8 Å². The minimum Gasteiger partial charge on any atom is -0.459 e. The third kappa shape index (κ3) is 4.83. The van der Waals surface area contributed by atoms with Crippen LogP contribution in [0.2, 0.25) is 0 Å². The van der Waals surface area contributed by atoms with E-state index in [2.05, 4.69) is 10.3 Å². The molecular formula is C30H22N4O4S. The maximum atomic E-state index is 11.6. The number of nitro benzene ring substituents is 1. The van der Waals surface area contributed by atoms with Gasteiger partial charge in [0.1, 0.15) is 29.1 Å². The number of para-hydroxylation sites is 2. The van der Waals surface area contributed by atoms with Gasteiger partial charge in [0.15, 0.2) is 5.11 Å². The molecular weight excluding hydrogens is 512 g/mol. The fourth-order valence-corrected chi connectivity index (χ4v) is 5.06. The van der Waals surface area contributed by atoms with E-state index < -0.39 is 11.0 Å². The number of ether oxygens (including phenoxy) is 1. The van der Waals surface area contributed by atoms with Gasteiger partial charge < -0.3 is 19.4 Å². The largest absolute Gasteiger partial charge is 0.459 e. The third-order valence-electron chi connectivity index (χ3n) is 6.48. The maximum absolute atomic E-state index is 11.6. The lowest BCUT2D eigenvalue weighted by molar-refractivity contribution is -0.384. The Labute approximate surface area is 229 Å². The molecule has 0 bridgehead atoms. The predicted molar refractivity (Wildman–Crippen MR) is 152 cm³/mol. The number of nitrogens with one attached hydrogen (secondary N) is 1. The van der Waals surface area contributed by atoms with E-state index in [9.17, 15) is 10.1 Å². The molecule has 8 nitrogen and oxygen atoms in total. The van der Waals surface area contributed by atoms with Crippen LogP contribution < -0.4 is 15.0 Å². The summed E-state index contributed by atoms with van der Waals surface area (Å²) >= 11 is 5.79. The number of hydrogen-bond donors (Lipinski definition) is 1. The molecule has 1 aliphatic heterocycles. The van der Waals surface area contributed by atoms with Crippen molar-refractivity contribution in [1.82, 2.24) is 10.3 Å². The number of aromatic nitrogens is 1. The summed E-state index contributed by atoms with van der Waals surface area (Å²) < 4.78 is 12.3. The van der Waals surface area contributed by atoms with Crippen LogP contribution in [-0.2, 0) is 0 Å². The molecule has 3 aromatic carbocycles. The van der Waals surface area contributed by atoms with E-state index in [0.29, 0.717) is 27.9 Å². The number of anilines is 1. The molecule has 1 N–H and O–H groups in total. The molecule has 6 rings (SSSR count). The Morgan fingerprint density at radius 1 is 0.872 bits per heavy atom. The SMILES string of the molecule is O=[N+]([O-])c1ccccc1-c1ccc([C@H]2[C@@H](c3ccccn3)NC(=S)N2c2ccc(Oc3ccccc3)cc2)o1. The summed E-state index contributed by atoms with van der Waals surface area (Å²) in [6.07, 6.45) is 1.73. The van der Waals surface area contributed by atoms with Crippen molar-refractivity contribution in [3.05, 3.63) is 137 Å². The highest BCUT2D eigenvalue weighted by Crippen LogP contribution is 2.44. The van der Waals surface area contributed by atoms with Crippen molar-refractivity contribution in [2.45, 2.75) is 12.1 Å². The molecule has 192 valence electrons. The van der Waals surface area contributed by atoms with E-state index in [4.69, 9.17) is 21.4 Å². The first-order chi connectivity index (χ1) is 19.1. The Kier molecular flexibility index (Phi) is 6.48. The number of nitrogens with zero attached hydrogens (tertiary/aromatic N) is 3. The summed E-state index contributed by atoms with van der Waals surface area (Å²) in [5, 5.41) is 15.5. The summed E-state index contributed by atoms with van der Waals surface area (Å²) in [5.74, 6) is 2.43. The number of thiocarbonyl (C=S) groups is 1. The van der Waals surface area contributed by atoms with Gasteiger partial charge >= 0.3 is 0 Å². The molecule has 1 aliphatic rings. The molecule has 0 saturated carbocycles. The van der Waals surface area contributed by atoms with Crippen LogP contribution in [0.1, 0.15) is 23.5 Å². The Balaban J connectivity index is 1.38. The summed E-state index contributed by atoms with van der Waals surface area (Å²) in [6.45, 7) is 0. The van der Waals surface area contributed by atoms with Crippen molar-refractivity contribution in [1.29, 1.82) is 0 Å². The lowest BCUT2D eigenvalue weighted by Crippen LogP contribution is -2.29. The van der Waals surface area contributed by atoms with E-state index in [1.165, 1.54) is 6.07 Å². The highest BCUT2D eigenvalue weighted by atomic mass is 32.1. The van der Waals surface area contributed by atoms with Crippen molar-refractivity contribution < 1.29 is 14.1 Å². The summed E-state index contributed by atoms with van der Waals surface area (Å²) in [6, 6.07) is 32.3. The second-order valence-corrected chi connectivity index (χ2v) is 9.27. The molecule has 0 amide bonds. The van der Waals surface area contributed by atoms with Gasteiger partial charge in [-0.2, -0.15) is 0 Å². The zero-order valence-corrected chi connectivity index (χ0v) is 21.3. The number of rotatable bonds is 7. The number of benzene rings is 3. The molecule has 0 radical (unpaired) electrons. The minimum absolute atomic E-state index is 0.0226. The zero-order valence-electron chi connectivity index (χ0n) is 20.5. The van der Waals surface area contributed by atoms with Crippen molar-refractivity contribution in [3.8, 4) is 22.8 Å². The zero-order chi connectivity index (χ0) is 26.8. The molecule has 0 aliphatic carbocycles. The van der Waals surface area contributed by atoms with E-state index in [-0.39, 0.29) is 11.7 Å². The Morgan fingerprint density at radius 2 is 1.59 bits per heavy atom. The predicted octanol–water partition coefficient (Wildman–Crippen LogP) is 7.22. The van der Waals surface area contributed by atoms with Crippen molar-refractivity contribution in [3.63, 3.8) is 0 Å². The quantitative estimate of drug-likeness (QED) is 0.133. The molecule has 0 unspecified atom stereocenters. The topological polar surface area (TPSA) is 93.7 Å². The summed E-state index contributed by atoms with van der Waals surface area (Å²) in [7, 11) is 0.